The molecule has 0 bridgehead atoms. The van der Waals surface area contributed by atoms with E-state index in [0.717, 1.165) is 38.8 Å². The van der Waals surface area contributed by atoms with Crippen molar-refractivity contribution in [1.82, 2.24) is 20.9 Å². The summed E-state index contributed by atoms with van der Waals surface area (Å²) in [5.74, 6) is 0.419. The lowest BCUT2D eigenvalue weighted by Crippen LogP contribution is -2.56. The lowest BCUT2D eigenvalue weighted by molar-refractivity contribution is -0.124. The molecule has 0 aromatic rings. The molecule has 3 rings (SSSR count). The molecule has 2 atom stereocenters. The Morgan fingerprint density at radius 3 is 2.54 bits per heavy atom. The molecule has 37 heavy (non-hydrogen) atoms. The number of likely N-dealkylation sites (tertiary alicyclic amines) is 1. The van der Waals surface area contributed by atoms with Crippen molar-refractivity contribution in [3.63, 3.8) is 0 Å². The molecule has 2 heterocycles. The van der Waals surface area contributed by atoms with Gasteiger partial charge in [-0.1, -0.05) is 52.9 Å². The molecular weight excluding hydrogens is 472 g/mol. The number of amidine groups is 1. The number of aliphatic imine (C=N–C) groups is 1. The van der Waals surface area contributed by atoms with Gasteiger partial charge in [-0.3, -0.25) is 15.1 Å². The molecule has 1 aliphatic carbocycles. The van der Waals surface area contributed by atoms with Crippen LogP contribution in [-0.2, 0) is 14.3 Å². The number of nitriles is 1. The zero-order valence-corrected chi connectivity index (χ0v) is 23.1. The number of rotatable bonds is 7. The summed E-state index contributed by atoms with van der Waals surface area (Å²) in [5, 5.41) is 19.1. The van der Waals surface area contributed by atoms with Gasteiger partial charge in [0.2, 0.25) is 5.91 Å². The molecule has 0 radical (unpaired) electrons. The van der Waals surface area contributed by atoms with Gasteiger partial charge in [-0.05, 0) is 37.6 Å². The van der Waals surface area contributed by atoms with Gasteiger partial charge in [-0.25, -0.2) is 4.79 Å². The van der Waals surface area contributed by atoms with Crippen LogP contribution in [-0.4, -0.2) is 86.9 Å². The normalized spacial score (nSPS) is 24.5. The summed E-state index contributed by atoms with van der Waals surface area (Å²) >= 11 is 0. The number of hydrogen-bond acceptors (Lipinski definition) is 8. The third kappa shape index (κ3) is 9.55. The van der Waals surface area contributed by atoms with Gasteiger partial charge in [0, 0.05) is 26.2 Å². The second kappa shape index (κ2) is 13.5. The summed E-state index contributed by atoms with van der Waals surface area (Å²) in [7, 11) is 2.02. The Hall–Kier alpha value is -2.22. The van der Waals surface area contributed by atoms with Gasteiger partial charge in [0.05, 0.1) is 19.3 Å². The third-order valence-corrected chi connectivity index (χ3v) is 7.39. The topological polar surface area (TPSA) is 128 Å². The molecule has 0 aromatic heterocycles. The van der Waals surface area contributed by atoms with Gasteiger partial charge in [0.1, 0.15) is 23.5 Å². The second-order valence-corrected chi connectivity index (χ2v) is 12.1. The molecule has 3 fully saturated rings. The van der Waals surface area contributed by atoms with Crippen molar-refractivity contribution in [2.45, 2.75) is 89.8 Å². The molecule has 2 saturated heterocycles. The monoisotopic (exact) mass is 518 g/mol. The Morgan fingerprint density at radius 1 is 1.24 bits per heavy atom. The van der Waals surface area contributed by atoms with Crippen LogP contribution in [0.15, 0.2) is 4.99 Å². The van der Waals surface area contributed by atoms with Crippen molar-refractivity contribution in [3.05, 3.63) is 0 Å². The van der Waals surface area contributed by atoms with Crippen LogP contribution < -0.4 is 16.0 Å². The van der Waals surface area contributed by atoms with Gasteiger partial charge < -0.3 is 25.0 Å². The van der Waals surface area contributed by atoms with Crippen molar-refractivity contribution < 1.29 is 19.1 Å². The fourth-order valence-electron chi connectivity index (χ4n) is 5.07. The third-order valence-electron chi connectivity index (χ3n) is 7.39. The minimum Gasteiger partial charge on any atom is -0.449 e. The maximum absolute atomic E-state index is 13.7. The van der Waals surface area contributed by atoms with Crippen LogP contribution in [0.3, 0.4) is 0 Å². The quantitative estimate of drug-likeness (QED) is 0.349. The van der Waals surface area contributed by atoms with Crippen LogP contribution >= 0.6 is 0 Å². The fourth-order valence-corrected chi connectivity index (χ4v) is 5.07. The maximum atomic E-state index is 13.7. The predicted octanol–water partition coefficient (Wildman–Crippen LogP) is 2.59. The van der Waals surface area contributed by atoms with Crippen LogP contribution in [0, 0.1) is 22.7 Å². The number of morpholine rings is 1. The first-order chi connectivity index (χ1) is 17.6. The molecule has 2 amide bonds. The number of carbonyl (C=O) groups excluding carboxylic acids is 2. The molecule has 10 nitrogen and oxygen atoms in total. The SMILES string of the molecule is CN1CCC(C#N)(NC(=O)C(CC2CCCCC2)N=C(NC(=O)OCC(C)(C)C)C2CNCCO2)CC1. The number of ether oxygens (including phenoxy) is 2. The van der Waals surface area contributed by atoms with Crippen molar-refractivity contribution in [1.29, 1.82) is 5.26 Å². The highest BCUT2D eigenvalue weighted by molar-refractivity contribution is 5.99. The highest BCUT2D eigenvalue weighted by Crippen LogP contribution is 2.29. The molecule has 2 unspecified atom stereocenters. The average Bonchev–Trinajstić information content (AvgIpc) is 2.89. The standard InChI is InChI=1S/C27H46N6O4/c1-26(2,3)19-37-25(35)31-23(22-17-29-12-15-36-22)30-21(16-20-8-6-5-7-9-20)24(34)32-27(18-28)10-13-33(4)14-11-27/h20-22,29H,5-17,19H2,1-4H3,(H,32,34)(H,30,31,35). The van der Waals surface area contributed by atoms with E-state index in [-0.39, 0.29) is 17.9 Å². The number of piperidine rings is 1. The van der Waals surface area contributed by atoms with Gasteiger partial charge >= 0.3 is 6.09 Å². The van der Waals surface area contributed by atoms with Crippen molar-refractivity contribution >= 4 is 17.8 Å². The average molecular weight is 519 g/mol. The Morgan fingerprint density at radius 2 is 1.95 bits per heavy atom. The van der Waals surface area contributed by atoms with E-state index < -0.39 is 23.8 Å². The van der Waals surface area contributed by atoms with E-state index in [1.165, 1.54) is 6.42 Å². The lowest BCUT2D eigenvalue weighted by Gasteiger charge is -2.37. The van der Waals surface area contributed by atoms with E-state index in [9.17, 15) is 14.9 Å². The maximum Gasteiger partial charge on any atom is 0.412 e. The molecular formula is C27H46N6O4. The van der Waals surface area contributed by atoms with Gasteiger partial charge in [-0.2, -0.15) is 5.26 Å². The predicted molar refractivity (Wildman–Crippen MR) is 142 cm³/mol. The van der Waals surface area contributed by atoms with Crippen molar-refractivity contribution in [2.24, 2.45) is 16.3 Å². The minimum absolute atomic E-state index is 0.180. The summed E-state index contributed by atoms with van der Waals surface area (Å²) in [4.78, 5) is 33.4. The van der Waals surface area contributed by atoms with Crippen molar-refractivity contribution in [3.8, 4) is 6.07 Å². The molecule has 2 aliphatic heterocycles. The van der Waals surface area contributed by atoms with E-state index in [1.807, 2.05) is 27.8 Å². The summed E-state index contributed by atoms with van der Waals surface area (Å²) in [6.45, 7) is 9.38. The number of hydrogen-bond donors (Lipinski definition) is 3. The van der Waals surface area contributed by atoms with Crippen LogP contribution in [0.25, 0.3) is 0 Å². The number of nitrogens with one attached hydrogen (secondary N) is 3. The summed E-state index contributed by atoms with van der Waals surface area (Å²) in [5.41, 5.74) is -1.08. The zero-order chi connectivity index (χ0) is 26.9. The van der Waals surface area contributed by atoms with Crippen LogP contribution in [0.5, 0.6) is 0 Å². The first-order valence-corrected chi connectivity index (χ1v) is 13.8. The Kier molecular flexibility index (Phi) is 10.7. The molecule has 0 aromatic carbocycles. The van der Waals surface area contributed by atoms with Gasteiger partial charge in [0.25, 0.3) is 0 Å². The van der Waals surface area contributed by atoms with Crippen LogP contribution in [0.4, 0.5) is 4.79 Å². The first kappa shape index (κ1) is 29.3. The highest BCUT2D eigenvalue weighted by Gasteiger charge is 2.38. The van der Waals surface area contributed by atoms with E-state index >= 15 is 0 Å². The first-order valence-electron chi connectivity index (χ1n) is 13.8. The molecule has 208 valence electrons. The molecule has 1 saturated carbocycles. The van der Waals surface area contributed by atoms with Gasteiger partial charge in [-0.15, -0.1) is 0 Å². The van der Waals surface area contributed by atoms with Crippen LogP contribution in [0.2, 0.25) is 0 Å². The molecule has 3 N–H and O–H groups in total. The number of amides is 2. The fraction of sp³-hybridized carbons (Fsp3) is 0.852. The summed E-state index contributed by atoms with van der Waals surface area (Å²) in [6, 6.07) is 1.65. The molecule has 10 heteroatoms. The summed E-state index contributed by atoms with van der Waals surface area (Å²) < 4.78 is 11.3. The van der Waals surface area contributed by atoms with Gasteiger partial charge in [0.15, 0.2) is 0 Å². The van der Waals surface area contributed by atoms with E-state index in [2.05, 4.69) is 26.9 Å². The Labute approximate surface area is 221 Å². The number of alkyl carbamates (subject to hydrolysis) is 1. The van der Waals surface area contributed by atoms with Crippen molar-refractivity contribution in [2.75, 3.05) is 46.4 Å². The number of carbonyl (C=O) groups is 2. The van der Waals surface area contributed by atoms with Crippen LogP contribution in [0.1, 0.15) is 72.1 Å². The molecule has 3 aliphatic rings. The highest BCUT2D eigenvalue weighted by atomic mass is 16.5. The smallest absolute Gasteiger partial charge is 0.412 e. The largest absolute Gasteiger partial charge is 0.449 e. The minimum atomic E-state index is -0.897. The zero-order valence-electron chi connectivity index (χ0n) is 23.1. The number of nitrogens with zero attached hydrogens (tertiary/aromatic N) is 3. The van der Waals surface area contributed by atoms with E-state index in [1.54, 1.807) is 0 Å². The van der Waals surface area contributed by atoms with E-state index in [0.29, 0.717) is 50.7 Å². The van der Waals surface area contributed by atoms with E-state index in [4.69, 9.17) is 14.5 Å². The summed E-state index contributed by atoms with van der Waals surface area (Å²) in [6.07, 6.45) is 6.27. The Bertz CT molecular complexity index is 829. The lowest BCUT2D eigenvalue weighted by atomic mass is 9.84. The molecule has 0 spiro atoms. The Balaban J connectivity index is 1.83. The second-order valence-electron chi connectivity index (χ2n) is 12.1.